The number of nitrogens with zero attached hydrogens (tertiary/aromatic N) is 2. The zero-order valence-corrected chi connectivity index (χ0v) is 32.3. The van der Waals surface area contributed by atoms with Crippen LogP contribution < -0.4 is 9.80 Å². The van der Waals surface area contributed by atoms with Crippen LogP contribution in [0.4, 0.5) is 11.4 Å². The van der Waals surface area contributed by atoms with Crippen LogP contribution in [0.2, 0.25) is 39.3 Å². The van der Waals surface area contributed by atoms with E-state index in [1.165, 1.54) is 48.2 Å². The maximum Gasteiger partial charge on any atom is 2.00 e. The summed E-state index contributed by atoms with van der Waals surface area (Å²) in [6.45, 7) is 18.2. The normalized spacial score (nSPS) is 14.2. The van der Waals surface area contributed by atoms with Crippen molar-refractivity contribution < 1.29 is 9.47 Å². The smallest absolute Gasteiger partial charge is 0.428 e. The Bertz CT molecular complexity index is 800. The molecule has 2 saturated heterocycles. The first kappa shape index (κ1) is 38.6. The zero-order chi connectivity index (χ0) is 28.6. The molecule has 39 heavy (non-hydrogen) atoms. The molecule has 0 aromatic heterocycles. The van der Waals surface area contributed by atoms with Crippen LogP contribution in [0.5, 0.6) is 0 Å². The van der Waals surface area contributed by atoms with Crippen LogP contribution in [0.1, 0.15) is 36.8 Å². The maximum atomic E-state index is 4.94. The Labute approximate surface area is 281 Å². The van der Waals surface area contributed by atoms with Crippen molar-refractivity contribution in [3.05, 3.63) is 71.7 Å². The fraction of sp³-hybridized carbons (Fsp3) is 0.562. The van der Waals surface area contributed by atoms with Crippen molar-refractivity contribution in [3.8, 4) is 0 Å². The van der Waals surface area contributed by atoms with Crippen LogP contribution in [0.3, 0.4) is 0 Å². The Morgan fingerprint density at radius 3 is 1.03 bits per heavy atom. The molecule has 2 aromatic rings. The molecule has 2 aromatic carbocycles. The van der Waals surface area contributed by atoms with Gasteiger partial charge in [0.1, 0.15) is 0 Å². The average Bonchev–Trinajstić information content (AvgIpc) is 3.57. The van der Waals surface area contributed by atoms with Gasteiger partial charge in [-0.05, 0) is 53.9 Å². The molecule has 4 nitrogen and oxygen atoms in total. The molecule has 2 heterocycles. The molecule has 0 atom stereocenters. The SMILES string of the molecule is C1CCOC1.C1CCOC1.CN(C)c1ccccc1[CH-][Si](C)(C)C.CN(C)c1ccccc1[CH-][Si](C)(C)C.[Sr+2]. The molecule has 0 saturated carbocycles. The molecule has 0 aliphatic carbocycles. The van der Waals surface area contributed by atoms with Gasteiger partial charge in [-0.1, -0.05) is 74.9 Å². The van der Waals surface area contributed by atoms with Crippen LogP contribution in [-0.2, 0) is 9.47 Å². The molecule has 2 aliphatic rings. The van der Waals surface area contributed by atoms with Gasteiger partial charge in [-0.15, -0.1) is 12.1 Å². The number of ether oxygens (including phenoxy) is 2. The van der Waals surface area contributed by atoms with Gasteiger partial charge in [-0.25, -0.2) is 0 Å². The third-order valence-corrected chi connectivity index (χ3v) is 8.02. The van der Waals surface area contributed by atoms with E-state index in [2.05, 4.69) is 138 Å². The molecule has 216 valence electrons. The Kier molecular flexibility index (Phi) is 20.3. The Balaban J connectivity index is 0.000000537. The minimum Gasteiger partial charge on any atom is -0.428 e. The summed E-state index contributed by atoms with van der Waals surface area (Å²) in [6, 6.07) is 22.1. The second-order valence-corrected chi connectivity index (χ2v) is 22.6. The van der Waals surface area contributed by atoms with Crippen LogP contribution in [0, 0.1) is 12.1 Å². The fourth-order valence-electron chi connectivity index (χ4n) is 3.99. The molecular weight excluding hydrogens is 588 g/mol. The van der Waals surface area contributed by atoms with Gasteiger partial charge in [0.05, 0.1) is 0 Å². The Morgan fingerprint density at radius 2 is 0.821 bits per heavy atom. The van der Waals surface area contributed by atoms with Gasteiger partial charge in [-0.2, -0.15) is 35.3 Å². The number of para-hydroxylation sites is 2. The van der Waals surface area contributed by atoms with E-state index in [-0.39, 0.29) is 45.5 Å². The van der Waals surface area contributed by atoms with Gasteiger partial charge in [0, 0.05) is 42.6 Å². The van der Waals surface area contributed by atoms with Crippen molar-refractivity contribution in [1.29, 1.82) is 0 Å². The molecule has 0 amide bonds. The van der Waals surface area contributed by atoms with E-state index in [1.54, 1.807) is 0 Å². The number of hydrogen-bond acceptors (Lipinski definition) is 4. The third-order valence-electron chi connectivity index (χ3n) is 5.67. The average molecular weight is 645 g/mol. The van der Waals surface area contributed by atoms with Gasteiger partial charge in [0.15, 0.2) is 0 Å². The summed E-state index contributed by atoms with van der Waals surface area (Å²) in [7, 11) is 6.12. The molecular formula is C32H56N2O2Si2Sr. The predicted molar refractivity (Wildman–Crippen MR) is 181 cm³/mol. The summed E-state index contributed by atoms with van der Waals surface area (Å²) >= 11 is 0. The first-order valence-electron chi connectivity index (χ1n) is 14.2. The largest absolute Gasteiger partial charge is 2.00 e. The van der Waals surface area contributed by atoms with Crippen LogP contribution in [-0.4, -0.2) is 116 Å². The molecule has 2 fully saturated rings. The van der Waals surface area contributed by atoms with E-state index in [0.29, 0.717) is 0 Å². The van der Waals surface area contributed by atoms with Crippen molar-refractivity contribution in [2.24, 2.45) is 0 Å². The van der Waals surface area contributed by atoms with Crippen molar-refractivity contribution in [3.63, 3.8) is 0 Å². The third kappa shape index (κ3) is 19.4. The minimum atomic E-state index is -1.13. The minimum absolute atomic E-state index is 0. The van der Waals surface area contributed by atoms with Crippen molar-refractivity contribution in [2.45, 2.75) is 65.0 Å². The van der Waals surface area contributed by atoms with Crippen LogP contribution in [0.15, 0.2) is 48.5 Å². The van der Waals surface area contributed by atoms with E-state index < -0.39 is 16.1 Å². The van der Waals surface area contributed by atoms with Gasteiger partial charge in [0.25, 0.3) is 0 Å². The molecule has 0 spiro atoms. The summed E-state index contributed by atoms with van der Waals surface area (Å²) in [5, 5.41) is 0. The Hall–Kier alpha value is -0.386. The van der Waals surface area contributed by atoms with Crippen molar-refractivity contribution in [1.82, 2.24) is 0 Å². The second kappa shape index (κ2) is 20.5. The molecule has 4 rings (SSSR count). The van der Waals surface area contributed by atoms with Crippen molar-refractivity contribution in [2.75, 3.05) is 64.4 Å². The molecule has 0 unspecified atom stereocenters. The number of rotatable bonds is 6. The molecule has 0 N–H and O–H groups in total. The van der Waals surface area contributed by atoms with Gasteiger partial charge >= 0.3 is 45.5 Å². The fourth-order valence-corrected chi connectivity index (χ4v) is 6.34. The van der Waals surface area contributed by atoms with Crippen LogP contribution >= 0.6 is 0 Å². The van der Waals surface area contributed by atoms with E-state index in [1.807, 2.05) is 0 Å². The molecule has 0 radical (unpaired) electrons. The molecule has 7 heteroatoms. The summed E-state index contributed by atoms with van der Waals surface area (Å²) in [5.41, 5.74) is 5.37. The van der Waals surface area contributed by atoms with Crippen LogP contribution in [0.25, 0.3) is 0 Å². The summed E-state index contributed by atoms with van der Waals surface area (Å²) in [5.74, 6) is 0. The monoisotopic (exact) mass is 644 g/mol. The summed E-state index contributed by atoms with van der Waals surface area (Å²) in [6.07, 6.45) is 5.11. The predicted octanol–water partition coefficient (Wildman–Crippen LogP) is 7.58. The first-order valence-corrected chi connectivity index (χ1v) is 21.4. The van der Waals surface area contributed by atoms with E-state index in [0.717, 1.165) is 26.4 Å². The maximum absolute atomic E-state index is 4.94. The Morgan fingerprint density at radius 1 is 0.538 bits per heavy atom. The number of benzene rings is 2. The van der Waals surface area contributed by atoms with Crippen molar-refractivity contribution >= 4 is 73.0 Å². The van der Waals surface area contributed by atoms with Gasteiger partial charge in [-0.3, -0.25) is 0 Å². The molecule has 0 bridgehead atoms. The first-order chi connectivity index (χ1) is 17.8. The van der Waals surface area contributed by atoms with E-state index in [4.69, 9.17) is 9.47 Å². The zero-order valence-electron chi connectivity index (χ0n) is 26.8. The van der Waals surface area contributed by atoms with E-state index >= 15 is 0 Å². The topological polar surface area (TPSA) is 24.9 Å². The summed E-state index contributed by atoms with van der Waals surface area (Å²) < 4.78 is 9.89. The second-order valence-electron chi connectivity index (χ2n) is 12.6. The number of anilines is 2. The summed E-state index contributed by atoms with van der Waals surface area (Å²) in [4.78, 5) is 4.35. The van der Waals surface area contributed by atoms with Gasteiger partial charge in [0.2, 0.25) is 0 Å². The van der Waals surface area contributed by atoms with E-state index in [9.17, 15) is 0 Å². The quantitative estimate of drug-likeness (QED) is 0.239. The standard InChI is InChI=1S/2C12H20NSi.2C4H8O.Sr/c2*1-13(2)12-9-7-6-8-11(12)10-14(3,4)5;2*1-2-4-5-3-1;/h2*6-10H,1-5H3;2*1-4H2;/q2*-1;;;+2. The molecule has 2 aliphatic heterocycles. The van der Waals surface area contributed by atoms with Gasteiger partial charge < -0.3 is 19.3 Å². The number of hydrogen-bond donors (Lipinski definition) is 0.